The van der Waals surface area contributed by atoms with E-state index in [0.29, 0.717) is 18.4 Å². The van der Waals surface area contributed by atoms with Gasteiger partial charge in [0.15, 0.2) is 5.90 Å². The van der Waals surface area contributed by atoms with Gasteiger partial charge < -0.3 is 4.74 Å². The van der Waals surface area contributed by atoms with Gasteiger partial charge in [0.25, 0.3) is 0 Å². The second-order valence-corrected chi connectivity index (χ2v) is 6.96. The van der Waals surface area contributed by atoms with Crippen LogP contribution < -0.4 is 0 Å². The fourth-order valence-electron chi connectivity index (χ4n) is 3.61. The van der Waals surface area contributed by atoms with Gasteiger partial charge in [-0.2, -0.15) is 0 Å². The molecular formula is C24H24N2O. The number of hydrogen-bond acceptors (Lipinski definition) is 3. The average molecular weight is 356 g/mol. The van der Waals surface area contributed by atoms with E-state index in [1.807, 2.05) is 18.2 Å². The molecular weight excluding hydrogens is 332 g/mol. The van der Waals surface area contributed by atoms with Gasteiger partial charge in [0.2, 0.25) is 0 Å². The van der Waals surface area contributed by atoms with Gasteiger partial charge in [-0.15, -0.1) is 5.73 Å². The molecule has 3 nitrogen and oxygen atoms in total. The van der Waals surface area contributed by atoms with E-state index >= 15 is 0 Å². The van der Waals surface area contributed by atoms with E-state index in [4.69, 9.17) is 4.74 Å². The van der Waals surface area contributed by atoms with Gasteiger partial charge in [-0.25, -0.2) is 4.99 Å². The van der Waals surface area contributed by atoms with E-state index in [1.165, 1.54) is 11.1 Å². The van der Waals surface area contributed by atoms with Crippen molar-refractivity contribution in [3.8, 4) is 0 Å². The first kappa shape index (κ1) is 17.5. The maximum absolute atomic E-state index is 5.95. The van der Waals surface area contributed by atoms with Gasteiger partial charge in [-0.3, -0.25) is 4.90 Å². The third-order valence-electron chi connectivity index (χ3n) is 4.96. The highest BCUT2D eigenvalue weighted by Gasteiger charge is 2.34. The monoisotopic (exact) mass is 356 g/mol. The Morgan fingerprint density at radius 2 is 1.67 bits per heavy atom. The van der Waals surface area contributed by atoms with Gasteiger partial charge in [-0.05, 0) is 29.4 Å². The Morgan fingerprint density at radius 3 is 2.33 bits per heavy atom. The topological polar surface area (TPSA) is 24.8 Å². The second-order valence-electron chi connectivity index (χ2n) is 6.96. The maximum Gasteiger partial charge on any atom is 0.192 e. The molecule has 27 heavy (non-hydrogen) atoms. The predicted octanol–water partition coefficient (Wildman–Crippen LogP) is 4.75. The van der Waals surface area contributed by atoms with Crippen molar-refractivity contribution in [3.63, 3.8) is 0 Å². The SMILES string of the molecule is C1=C/C=C\N=C(\OCC2CN(C(c3ccccc3)c3ccccc3)C2)CC=1. The molecule has 0 atom stereocenters. The molecule has 0 aliphatic carbocycles. The summed E-state index contributed by atoms with van der Waals surface area (Å²) in [4.78, 5) is 6.89. The van der Waals surface area contributed by atoms with Crippen LogP contribution in [0.4, 0.5) is 0 Å². The van der Waals surface area contributed by atoms with E-state index < -0.39 is 0 Å². The molecule has 0 aromatic heterocycles. The molecule has 0 amide bonds. The van der Waals surface area contributed by atoms with E-state index in [2.05, 4.69) is 76.3 Å². The molecule has 2 aliphatic rings. The van der Waals surface area contributed by atoms with Gasteiger partial charge in [0.05, 0.1) is 12.6 Å². The summed E-state index contributed by atoms with van der Waals surface area (Å²) in [5.74, 6) is 1.31. The van der Waals surface area contributed by atoms with Crippen molar-refractivity contribution in [1.29, 1.82) is 0 Å². The number of hydrogen-bond donors (Lipinski definition) is 0. The van der Waals surface area contributed by atoms with Crippen LogP contribution >= 0.6 is 0 Å². The third kappa shape index (κ3) is 4.46. The Balaban J connectivity index is 1.38. The fourth-order valence-corrected chi connectivity index (χ4v) is 3.61. The van der Waals surface area contributed by atoms with Gasteiger partial charge in [0.1, 0.15) is 0 Å². The van der Waals surface area contributed by atoms with E-state index in [9.17, 15) is 0 Å². The van der Waals surface area contributed by atoms with Crippen LogP contribution in [0.3, 0.4) is 0 Å². The number of allylic oxidation sites excluding steroid dienone is 1. The summed E-state index contributed by atoms with van der Waals surface area (Å²) in [7, 11) is 0. The summed E-state index contributed by atoms with van der Waals surface area (Å²) < 4.78 is 5.95. The first-order valence-corrected chi connectivity index (χ1v) is 9.49. The summed E-state index contributed by atoms with van der Waals surface area (Å²) >= 11 is 0. The van der Waals surface area contributed by atoms with Crippen molar-refractivity contribution >= 4 is 5.90 Å². The Kier molecular flexibility index (Phi) is 5.64. The third-order valence-corrected chi connectivity index (χ3v) is 4.96. The lowest BCUT2D eigenvalue weighted by Gasteiger charge is -2.44. The highest BCUT2D eigenvalue weighted by atomic mass is 16.5. The molecule has 1 fully saturated rings. The molecule has 0 bridgehead atoms. The minimum absolute atomic E-state index is 0.304. The van der Waals surface area contributed by atoms with E-state index in [0.717, 1.165) is 25.6 Å². The van der Waals surface area contributed by atoms with Crippen LogP contribution in [-0.4, -0.2) is 30.5 Å². The van der Waals surface area contributed by atoms with Crippen LogP contribution in [0.2, 0.25) is 0 Å². The van der Waals surface area contributed by atoms with Crippen LogP contribution in [0, 0.1) is 5.92 Å². The average Bonchev–Trinajstić information content (AvgIpc) is 2.66. The van der Waals surface area contributed by atoms with Crippen molar-refractivity contribution in [2.24, 2.45) is 10.9 Å². The minimum atomic E-state index is 0.304. The van der Waals surface area contributed by atoms with Crippen LogP contribution in [0.1, 0.15) is 23.6 Å². The smallest absolute Gasteiger partial charge is 0.192 e. The van der Waals surface area contributed by atoms with Crippen LogP contribution in [0.15, 0.2) is 95.8 Å². The molecule has 2 aromatic rings. The number of nitrogens with zero attached hydrogens (tertiary/aromatic N) is 2. The zero-order chi connectivity index (χ0) is 18.3. The Hall–Kier alpha value is -2.87. The summed E-state index contributed by atoms with van der Waals surface area (Å²) in [5, 5.41) is 0. The van der Waals surface area contributed by atoms with E-state index in [-0.39, 0.29) is 0 Å². The summed E-state index contributed by atoms with van der Waals surface area (Å²) in [5.41, 5.74) is 5.77. The van der Waals surface area contributed by atoms with Gasteiger partial charge in [-0.1, -0.05) is 60.7 Å². The molecule has 1 saturated heterocycles. The largest absolute Gasteiger partial charge is 0.480 e. The molecule has 0 saturated carbocycles. The minimum Gasteiger partial charge on any atom is -0.480 e. The summed E-state index contributed by atoms with van der Waals surface area (Å²) in [6.45, 7) is 2.79. The number of rotatable bonds is 5. The second kappa shape index (κ2) is 8.68. The molecule has 4 rings (SSSR count). The van der Waals surface area contributed by atoms with Crippen LogP contribution in [0.5, 0.6) is 0 Å². The molecule has 0 radical (unpaired) electrons. The normalized spacial score (nSPS) is 20.4. The maximum atomic E-state index is 5.95. The van der Waals surface area contributed by atoms with Crippen molar-refractivity contribution in [2.75, 3.05) is 19.7 Å². The molecule has 0 spiro atoms. The molecule has 2 aromatic carbocycles. The molecule has 0 unspecified atom stereocenters. The quantitative estimate of drug-likeness (QED) is 0.722. The molecule has 0 N–H and O–H groups in total. The molecule has 3 heteroatoms. The summed E-state index contributed by atoms with van der Waals surface area (Å²) in [6, 6.07) is 21.8. The van der Waals surface area contributed by atoms with Gasteiger partial charge >= 0.3 is 0 Å². The first-order chi connectivity index (χ1) is 13.4. The molecule has 136 valence electrons. The number of aliphatic imine (C=N–C) groups is 1. The lowest BCUT2D eigenvalue weighted by atomic mass is 9.90. The van der Waals surface area contributed by atoms with Crippen molar-refractivity contribution in [2.45, 2.75) is 12.5 Å². The first-order valence-electron chi connectivity index (χ1n) is 9.49. The zero-order valence-electron chi connectivity index (χ0n) is 15.4. The van der Waals surface area contributed by atoms with Crippen molar-refractivity contribution in [3.05, 3.63) is 102 Å². The standard InChI is InChI=1S/C24H24N2O/c1-2-10-16-25-23(15-9-1)27-19-20-17-26(18-20)24(21-11-5-3-6-12-21)22-13-7-4-8-14-22/h2-14,16,20,24H,15,17-19H2/b16-10-,25-23+. The predicted molar refractivity (Wildman–Crippen MR) is 110 cm³/mol. The highest BCUT2D eigenvalue weighted by molar-refractivity contribution is 5.78. The zero-order valence-corrected chi connectivity index (χ0v) is 15.4. The van der Waals surface area contributed by atoms with Crippen molar-refractivity contribution < 1.29 is 4.74 Å². The molecule has 2 heterocycles. The van der Waals surface area contributed by atoms with Gasteiger partial charge in [0, 0.05) is 31.6 Å². The Labute approximate surface area is 161 Å². The summed E-state index contributed by atoms with van der Waals surface area (Å²) in [6.07, 6.45) is 8.15. The fraction of sp³-hybridized carbons (Fsp3) is 0.250. The van der Waals surface area contributed by atoms with Crippen LogP contribution in [0.25, 0.3) is 0 Å². The molecule has 2 aliphatic heterocycles. The number of likely N-dealkylation sites (tertiary alicyclic amines) is 1. The lowest BCUT2D eigenvalue weighted by Crippen LogP contribution is -2.50. The van der Waals surface area contributed by atoms with Crippen molar-refractivity contribution in [1.82, 2.24) is 4.90 Å². The van der Waals surface area contributed by atoms with E-state index in [1.54, 1.807) is 6.20 Å². The number of benzene rings is 2. The number of ether oxygens (including phenoxy) is 1. The van der Waals surface area contributed by atoms with Crippen LogP contribution in [-0.2, 0) is 4.74 Å². The Morgan fingerprint density at radius 1 is 1.00 bits per heavy atom. The Bertz CT molecular complexity index is 818. The lowest BCUT2D eigenvalue weighted by molar-refractivity contribution is 0.0342. The highest BCUT2D eigenvalue weighted by Crippen LogP contribution is 2.34.